The van der Waals surface area contributed by atoms with Crippen LogP contribution in [0, 0.1) is 5.92 Å². The summed E-state index contributed by atoms with van der Waals surface area (Å²) in [5.41, 5.74) is 3.13. The highest BCUT2D eigenvalue weighted by Gasteiger charge is 2.28. The van der Waals surface area contributed by atoms with Crippen LogP contribution in [-0.2, 0) is 4.79 Å². The van der Waals surface area contributed by atoms with Crippen LogP contribution in [0.1, 0.15) is 51.1 Å². The molecule has 2 saturated heterocycles. The second kappa shape index (κ2) is 8.25. The van der Waals surface area contributed by atoms with E-state index in [1.165, 1.54) is 12.8 Å². The predicted molar refractivity (Wildman–Crippen MR) is 110 cm³/mol. The molecule has 4 rings (SSSR count). The average molecular weight is 380 g/mol. The van der Waals surface area contributed by atoms with Gasteiger partial charge in [-0.2, -0.15) is 0 Å². The summed E-state index contributed by atoms with van der Waals surface area (Å²) >= 11 is 0. The Morgan fingerprint density at radius 3 is 2.75 bits per heavy atom. The Bertz CT molecular complexity index is 825. The summed E-state index contributed by atoms with van der Waals surface area (Å²) < 4.78 is 0. The Balaban J connectivity index is 1.71. The molecule has 28 heavy (non-hydrogen) atoms. The van der Waals surface area contributed by atoms with Gasteiger partial charge in [-0.3, -0.25) is 9.78 Å². The molecule has 2 aromatic heterocycles. The van der Waals surface area contributed by atoms with E-state index in [4.69, 9.17) is 9.97 Å². The van der Waals surface area contributed by atoms with E-state index in [9.17, 15) is 4.79 Å². The number of likely N-dealkylation sites (tertiary alicyclic amines) is 1. The summed E-state index contributed by atoms with van der Waals surface area (Å²) in [7, 11) is 0. The summed E-state index contributed by atoms with van der Waals surface area (Å²) in [6.45, 7) is 7.55. The molecular weight excluding hydrogens is 350 g/mol. The lowest BCUT2D eigenvalue weighted by molar-refractivity contribution is -0.130. The van der Waals surface area contributed by atoms with Gasteiger partial charge in [0.25, 0.3) is 0 Å². The van der Waals surface area contributed by atoms with Crippen LogP contribution in [-0.4, -0.2) is 51.9 Å². The van der Waals surface area contributed by atoms with Crippen molar-refractivity contribution in [2.75, 3.05) is 31.1 Å². The van der Waals surface area contributed by atoms with Crippen LogP contribution < -0.4 is 4.90 Å². The number of carbonyl (C=O) groups excluding carboxylic acids is 1. The highest BCUT2D eigenvalue weighted by atomic mass is 16.2. The maximum Gasteiger partial charge on any atom is 0.225 e. The molecule has 0 N–H and O–H groups in total. The number of rotatable bonds is 3. The van der Waals surface area contributed by atoms with E-state index < -0.39 is 0 Å². The van der Waals surface area contributed by atoms with E-state index in [1.807, 2.05) is 23.4 Å². The van der Waals surface area contributed by atoms with Crippen LogP contribution in [0.15, 0.2) is 30.7 Å². The first-order valence-electron chi connectivity index (χ1n) is 10.4. The second-order valence-corrected chi connectivity index (χ2v) is 8.21. The van der Waals surface area contributed by atoms with E-state index in [-0.39, 0.29) is 11.8 Å². The molecule has 2 aliphatic rings. The number of hydrogen-bond donors (Lipinski definition) is 0. The smallest absolute Gasteiger partial charge is 0.225 e. The lowest BCUT2D eigenvalue weighted by Crippen LogP contribution is -2.38. The van der Waals surface area contributed by atoms with Crippen LogP contribution >= 0.6 is 0 Å². The molecule has 0 aromatic carbocycles. The highest BCUT2D eigenvalue weighted by molar-refractivity contribution is 5.73. The monoisotopic (exact) mass is 379 g/mol. The Morgan fingerprint density at radius 1 is 1.14 bits per heavy atom. The quantitative estimate of drug-likeness (QED) is 0.817. The number of pyridine rings is 1. The minimum absolute atomic E-state index is 0.145. The lowest BCUT2D eigenvalue weighted by atomic mass is 9.90. The molecule has 0 spiro atoms. The molecule has 0 aliphatic carbocycles. The van der Waals surface area contributed by atoms with Gasteiger partial charge in [-0.05, 0) is 37.7 Å². The van der Waals surface area contributed by atoms with Crippen LogP contribution in [0.3, 0.4) is 0 Å². The molecule has 148 valence electrons. The summed E-state index contributed by atoms with van der Waals surface area (Å²) in [5.74, 6) is 1.87. The van der Waals surface area contributed by atoms with Crippen molar-refractivity contribution < 1.29 is 4.79 Å². The molecule has 0 saturated carbocycles. The number of aromatic nitrogens is 3. The molecule has 2 aliphatic heterocycles. The van der Waals surface area contributed by atoms with Crippen molar-refractivity contribution in [2.24, 2.45) is 5.92 Å². The number of amides is 1. The zero-order chi connectivity index (χ0) is 19.5. The number of carbonyl (C=O) groups is 1. The van der Waals surface area contributed by atoms with Gasteiger partial charge in [0, 0.05) is 68.7 Å². The fourth-order valence-corrected chi connectivity index (χ4v) is 4.45. The number of anilines is 1. The zero-order valence-electron chi connectivity index (χ0n) is 16.8. The minimum Gasteiger partial charge on any atom is -0.342 e. The van der Waals surface area contributed by atoms with E-state index >= 15 is 0 Å². The van der Waals surface area contributed by atoms with Gasteiger partial charge in [0.05, 0.1) is 5.69 Å². The highest BCUT2D eigenvalue weighted by Crippen LogP contribution is 2.34. The molecule has 2 unspecified atom stereocenters. The Morgan fingerprint density at radius 2 is 2.00 bits per heavy atom. The maximum atomic E-state index is 12.0. The van der Waals surface area contributed by atoms with Gasteiger partial charge in [-0.25, -0.2) is 9.97 Å². The number of hydrogen-bond acceptors (Lipinski definition) is 5. The summed E-state index contributed by atoms with van der Waals surface area (Å²) in [5, 5.41) is 0. The van der Waals surface area contributed by atoms with E-state index in [0.29, 0.717) is 5.92 Å². The maximum absolute atomic E-state index is 12.0. The Kier molecular flexibility index (Phi) is 5.55. The largest absolute Gasteiger partial charge is 0.342 e. The topological polar surface area (TPSA) is 62.2 Å². The molecular formula is C22H29N5O. The zero-order valence-corrected chi connectivity index (χ0v) is 16.8. The van der Waals surface area contributed by atoms with Crippen molar-refractivity contribution in [3.05, 3.63) is 36.4 Å². The van der Waals surface area contributed by atoms with Crippen LogP contribution in [0.2, 0.25) is 0 Å². The molecule has 2 atom stereocenters. The van der Waals surface area contributed by atoms with Gasteiger partial charge in [-0.15, -0.1) is 0 Å². The normalized spacial score (nSPS) is 22.9. The van der Waals surface area contributed by atoms with E-state index in [2.05, 4.69) is 22.9 Å². The third kappa shape index (κ3) is 4.01. The first-order chi connectivity index (χ1) is 13.6. The van der Waals surface area contributed by atoms with Crippen molar-refractivity contribution >= 4 is 11.9 Å². The predicted octanol–water partition coefficient (Wildman–Crippen LogP) is 3.50. The van der Waals surface area contributed by atoms with Gasteiger partial charge in [0.2, 0.25) is 11.9 Å². The van der Waals surface area contributed by atoms with Gasteiger partial charge in [0.15, 0.2) is 0 Å². The summed E-state index contributed by atoms with van der Waals surface area (Å²) in [6, 6.07) is 4.01. The lowest BCUT2D eigenvalue weighted by Gasteiger charge is -2.34. The van der Waals surface area contributed by atoms with Gasteiger partial charge < -0.3 is 9.80 Å². The minimum atomic E-state index is 0.145. The number of nitrogens with zero attached hydrogens (tertiary/aromatic N) is 5. The molecule has 2 fully saturated rings. The Labute approximate surface area is 167 Å². The van der Waals surface area contributed by atoms with Crippen LogP contribution in [0.5, 0.6) is 0 Å². The molecule has 2 aromatic rings. The van der Waals surface area contributed by atoms with Crippen molar-refractivity contribution in [3.63, 3.8) is 0 Å². The third-order valence-electron chi connectivity index (χ3n) is 5.97. The SMILES string of the molecule is CC(=O)N1CCCC(c2nc(N3CCCC(C)C3)ncc2-c2cccnc2)C1. The van der Waals surface area contributed by atoms with E-state index in [1.54, 1.807) is 13.1 Å². The van der Waals surface area contributed by atoms with E-state index in [0.717, 1.165) is 61.8 Å². The van der Waals surface area contributed by atoms with Crippen molar-refractivity contribution in [2.45, 2.75) is 45.4 Å². The average Bonchev–Trinajstić information content (AvgIpc) is 2.74. The molecule has 1 amide bonds. The summed E-state index contributed by atoms with van der Waals surface area (Å²) in [4.78, 5) is 30.3. The van der Waals surface area contributed by atoms with Gasteiger partial charge in [-0.1, -0.05) is 13.0 Å². The summed E-state index contributed by atoms with van der Waals surface area (Å²) in [6.07, 6.45) is 10.1. The first kappa shape index (κ1) is 18.8. The molecule has 0 bridgehead atoms. The molecule has 4 heterocycles. The molecule has 6 heteroatoms. The van der Waals surface area contributed by atoms with Crippen molar-refractivity contribution in [3.8, 4) is 11.1 Å². The van der Waals surface area contributed by atoms with Crippen molar-refractivity contribution in [1.29, 1.82) is 0 Å². The Hall–Kier alpha value is -2.50. The molecule has 6 nitrogen and oxygen atoms in total. The fraction of sp³-hybridized carbons (Fsp3) is 0.545. The van der Waals surface area contributed by atoms with Crippen molar-refractivity contribution in [1.82, 2.24) is 19.9 Å². The third-order valence-corrected chi connectivity index (χ3v) is 5.97. The van der Waals surface area contributed by atoms with Crippen LogP contribution in [0.4, 0.5) is 5.95 Å². The standard InChI is InChI=1S/C22H29N5O/c1-16-6-4-11-27(14-16)22-24-13-20(18-7-3-9-23-12-18)21(25-22)19-8-5-10-26(15-19)17(2)28/h3,7,9,12-13,16,19H,4-6,8,10-11,14-15H2,1-2H3. The molecule has 0 radical (unpaired) electrons. The van der Waals surface area contributed by atoms with Gasteiger partial charge >= 0.3 is 0 Å². The second-order valence-electron chi connectivity index (χ2n) is 8.21. The van der Waals surface area contributed by atoms with Gasteiger partial charge in [0.1, 0.15) is 0 Å². The number of piperidine rings is 2. The first-order valence-corrected chi connectivity index (χ1v) is 10.4. The fourth-order valence-electron chi connectivity index (χ4n) is 4.45. The van der Waals surface area contributed by atoms with Crippen LogP contribution in [0.25, 0.3) is 11.1 Å².